The third-order valence-corrected chi connectivity index (χ3v) is 5.54. The molecule has 20 heavy (non-hydrogen) atoms. The fourth-order valence-corrected chi connectivity index (χ4v) is 4.42. The fraction of sp³-hybridized carbons (Fsp3) is 0.867. The molecule has 3 aliphatic rings. The van der Waals surface area contributed by atoms with E-state index in [-0.39, 0.29) is 23.8 Å². The number of carbonyl (C=O) groups is 2. The van der Waals surface area contributed by atoms with E-state index in [1.807, 2.05) is 0 Å². The van der Waals surface area contributed by atoms with E-state index in [1.54, 1.807) is 0 Å². The largest absolute Gasteiger partial charge is 0.481 e. The van der Waals surface area contributed by atoms with E-state index >= 15 is 0 Å². The van der Waals surface area contributed by atoms with Crippen LogP contribution in [0.15, 0.2) is 0 Å². The van der Waals surface area contributed by atoms with Crippen LogP contribution in [0, 0.1) is 23.7 Å². The van der Waals surface area contributed by atoms with Crippen LogP contribution in [-0.2, 0) is 9.59 Å². The number of rotatable bonds is 4. The van der Waals surface area contributed by atoms with Gasteiger partial charge in [0.25, 0.3) is 0 Å². The van der Waals surface area contributed by atoms with E-state index in [0.717, 1.165) is 32.2 Å². The van der Waals surface area contributed by atoms with Gasteiger partial charge in [0.15, 0.2) is 0 Å². The molecule has 0 aromatic carbocycles. The number of carboxylic acids is 1. The molecule has 112 valence electrons. The summed E-state index contributed by atoms with van der Waals surface area (Å²) in [5.74, 6) is 0.369. The molecule has 5 nitrogen and oxygen atoms in total. The van der Waals surface area contributed by atoms with Crippen LogP contribution in [0.4, 0.5) is 0 Å². The molecule has 0 bridgehead atoms. The standard InChI is InChI=1S/C15H24N2O3/c18-14(13-11-5-1-3-9(11)7-16-13)17-8-10-4-2-6-12(10)15(19)20/h9-13,16H,1-8H2,(H,17,18)(H,19,20). The summed E-state index contributed by atoms with van der Waals surface area (Å²) < 4.78 is 0. The second kappa shape index (κ2) is 5.72. The molecular formula is C15H24N2O3. The zero-order valence-electron chi connectivity index (χ0n) is 11.8. The van der Waals surface area contributed by atoms with Gasteiger partial charge in [-0.2, -0.15) is 0 Å². The SMILES string of the molecule is O=C(O)C1CCCC1CNC(=O)C1NCC2CCCC21. The Morgan fingerprint density at radius 3 is 2.75 bits per heavy atom. The van der Waals surface area contributed by atoms with Crippen LogP contribution in [0.5, 0.6) is 0 Å². The minimum atomic E-state index is -0.711. The summed E-state index contributed by atoms with van der Waals surface area (Å²) in [6.45, 7) is 1.48. The third-order valence-electron chi connectivity index (χ3n) is 5.54. The Bertz CT molecular complexity index is 399. The molecule has 5 heteroatoms. The van der Waals surface area contributed by atoms with Crippen molar-refractivity contribution < 1.29 is 14.7 Å². The lowest BCUT2D eigenvalue weighted by Crippen LogP contribution is -2.45. The maximum atomic E-state index is 12.3. The predicted octanol–water partition coefficient (Wildman–Crippen LogP) is 0.992. The van der Waals surface area contributed by atoms with Gasteiger partial charge in [-0.3, -0.25) is 9.59 Å². The second-order valence-corrected chi connectivity index (χ2v) is 6.62. The zero-order chi connectivity index (χ0) is 14.1. The molecule has 5 unspecified atom stereocenters. The van der Waals surface area contributed by atoms with Crippen molar-refractivity contribution in [2.45, 2.75) is 44.6 Å². The Labute approximate surface area is 119 Å². The van der Waals surface area contributed by atoms with Gasteiger partial charge in [-0.25, -0.2) is 0 Å². The molecule has 3 N–H and O–H groups in total. The van der Waals surface area contributed by atoms with E-state index in [2.05, 4.69) is 10.6 Å². The summed E-state index contributed by atoms with van der Waals surface area (Å²) in [6.07, 6.45) is 6.26. The van der Waals surface area contributed by atoms with Crippen molar-refractivity contribution >= 4 is 11.9 Å². The lowest BCUT2D eigenvalue weighted by molar-refractivity contribution is -0.143. The smallest absolute Gasteiger partial charge is 0.306 e. The third kappa shape index (κ3) is 2.55. The van der Waals surface area contributed by atoms with Crippen molar-refractivity contribution in [3.8, 4) is 0 Å². The van der Waals surface area contributed by atoms with Crippen molar-refractivity contribution in [2.24, 2.45) is 23.7 Å². The Balaban J connectivity index is 1.51. The Morgan fingerprint density at radius 1 is 1.15 bits per heavy atom. The van der Waals surface area contributed by atoms with Gasteiger partial charge in [-0.1, -0.05) is 12.8 Å². The summed E-state index contributed by atoms with van der Waals surface area (Å²) in [6, 6.07) is -0.0489. The molecule has 0 spiro atoms. The molecule has 2 saturated carbocycles. The Morgan fingerprint density at radius 2 is 1.95 bits per heavy atom. The van der Waals surface area contributed by atoms with Crippen molar-refractivity contribution in [3.05, 3.63) is 0 Å². The summed E-state index contributed by atoms with van der Waals surface area (Å²) in [5.41, 5.74) is 0. The fourth-order valence-electron chi connectivity index (χ4n) is 4.42. The van der Waals surface area contributed by atoms with Crippen LogP contribution in [-0.4, -0.2) is 36.1 Å². The highest BCUT2D eigenvalue weighted by atomic mass is 16.4. The van der Waals surface area contributed by atoms with Gasteiger partial charge >= 0.3 is 5.97 Å². The van der Waals surface area contributed by atoms with Crippen molar-refractivity contribution in [3.63, 3.8) is 0 Å². The molecule has 0 aromatic rings. The number of hydrogen-bond acceptors (Lipinski definition) is 3. The van der Waals surface area contributed by atoms with Crippen molar-refractivity contribution in [2.75, 3.05) is 13.1 Å². The normalized spacial score (nSPS) is 39.7. The quantitative estimate of drug-likeness (QED) is 0.717. The van der Waals surface area contributed by atoms with E-state index in [9.17, 15) is 9.59 Å². The van der Waals surface area contributed by atoms with Crippen molar-refractivity contribution in [1.29, 1.82) is 0 Å². The molecule has 1 saturated heterocycles. The minimum absolute atomic E-state index is 0.0489. The van der Waals surface area contributed by atoms with Crippen LogP contribution in [0.25, 0.3) is 0 Å². The molecule has 3 rings (SSSR count). The molecule has 3 fully saturated rings. The molecule has 0 aromatic heterocycles. The van der Waals surface area contributed by atoms with Gasteiger partial charge in [-0.15, -0.1) is 0 Å². The lowest BCUT2D eigenvalue weighted by atomic mass is 9.93. The predicted molar refractivity (Wildman–Crippen MR) is 74.1 cm³/mol. The Hall–Kier alpha value is -1.10. The molecule has 0 radical (unpaired) electrons. The monoisotopic (exact) mass is 280 g/mol. The van der Waals surface area contributed by atoms with Gasteiger partial charge in [0.1, 0.15) is 0 Å². The first kappa shape index (κ1) is 13.9. The number of carbonyl (C=O) groups excluding carboxylic acids is 1. The summed E-state index contributed by atoms with van der Waals surface area (Å²) in [7, 11) is 0. The topological polar surface area (TPSA) is 78.4 Å². The zero-order valence-corrected chi connectivity index (χ0v) is 11.8. The summed E-state index contributed by atoms with van der Waals surface area (Å²) in [5, 5.41) is 15.5. The summed E-state index contributed by atoms with van der Waals surface area (Å²) >= 11 is 0. The lowest BCUT2D eigenvalue weighted by Gasteiger charge is -2.21. The number of aliphatic carboxylic acids is 1. The van der Waals surface area contributed by atoms with E-state index in [4.69, 9.17) is 5.11 Å². The molecule has 1 heterocycles. The highest BCUT2D eigenvalue weighted by molar-refractivity contribution is 5.82. The molecule has 1 amide bonds. The van der Waals surface area contributed by atoms with E-state index in [0.29, 0.717) is 18.4 Å². The first-order chi connectivity index (χ1) is 9.66. The maximum absolute atomic E-state index is 12.3. The highest BCUT2D eigenvalue weighted by Gasteiger charge is 2.42. The van der Waals surface area contributed by atoms with Gasteiger partial charge in [0.2, 0.25) is 5.91 Å². The number of fused-ring (bicyclic) bond motifs is 1. The average molecular weight is 280 g/mol. The first-order valence-electron chi connectivity index (χ1n) is 7.90. The molecular weight excluding hydrogens is 256 g/mol. The van der Waals surface area contributed by atoms with Crippen molar-refractivity contribution in [1.82, 2.24) is 10.6 Å². The first-order valence-corrected chi connectivity index (χ1v) is 7.90. The number of amides is 1. The van der Waals surface area contributed by atoms with Crippen LogP contribution in [0.2, 0.25) is 0 Å². The van der Waals surface area contributed by atoms with Gasteiger partial charge in [0, 0.05) is 6.54 Å². The number of hydrogen-bond donors (Lipinski definition) is 3. The number of carboxylic acid groups (broad SMARTS) is 1. The van der Waals surface area contributed by atoms with Gasteiger partial charge in [0.05, 0.1) is 12.0 Å². The van der Waals surface area contributed by atoms with Crippen LogP contribution >= 0.6 is 0 Å². The van der Waals surface area contributed by atoms with Crippen LogP contribution in [0.1, 0.15) is 38.5 Å². The van der Waals surface area contributed by atoms with E-state index in [1.165, 1.54) is 12.8 Å². The van der Waals surface area contributed by atoms with Gasteiger partial charge < -0.3 is 15.7 Å². The summed E-state index contributed by atoms with van der Waals surface area (Å²) in [4.78, 5) is 23.4. The second-order valence-electron chi connectivity index (χ2n) is 6.62. The average Bonchev–Trinajstić information content (AvgIpc) is 3.11. The molecule has 5 atom stereocenters. The van der Waals surface area contributed by atoms with Gasteiger partial charge in [-0.05, 0) is 50.0 Å². The highest BCUT2D eigenvalue weighted by Crippen LogP contribution is 2.38. The Kier molecular flexibility index (Phi) is 3.96. The van der Waals surface area contributed by atoms with E-state index < -0.39 is 5.97 Å². The van der Waals surface area contributed by atoms with Crippen LogP contribution < -0.4 is 10.6 Å². The minimum Gasteiger partial charge on any atom is -0.481 e. The van der Waals surface area contributed by atoms with Crippen LogP contribution in [0.3, 0.4) is 0 Å². The molecule has 2 aliphatic carbocycles. The molecule has 1 aliphatic heterocycles. The number of nitrogens with one attached hydrogen (secondary N) is 2. The maximum Gasteiger partial charge on any atom is 0.306 e.